The summed E-state index contributed by atoms with van der Waals surface area (Å²) in [6.07, 6.45) is 2.15. The van der Waals surface area contributed by atoms with Crippen molar-refractivity contribution >= 4 is 22.5 Å². The Labute approximate surface area is 162 Å². The van der Waals surface area contributed by atoms with Crippen LogP contribution in [0, 0.1) is 5.82 Å². The fourth-order valence-corrected chi connectivity index (χ4v) is 3.07. The van der Waals surface area contributed by atoms with Crippen LogP contribution in [0.2, 0.25) is 0 Å². The minimum Gasteiger partial charge on any atom is -0.489 e. The number of benzene rings is 3. The van der Waals surface area contributed by atoms with Gasteiger partial charge in [-0.05, 0) is 41.5 Å². The van der Waals surface area contributed by atoms with Crippen LogP contribution in [0.3, 0.4) is 0 Å². The summed E-state index contributed by atoms with van der Waals surface area (Å²) in [4.78, 5) is 15.6. The van der Waals surface area contributed by atoms with E-state index in [1.54, 1.807) is 18.2 Å². The SMILES string of the molecule is O=C(Cc1c[nH]c2ccccc12)Nc1cccc(OCc2ccc(F)cc2)c1. The summed E-state index contributed by atoms with van der Waals surface area (Å²) in [5.74, 6) is 0.262. The lowest BCUT2D eigenvalue weighted by Crippen LogP contribution is -2.14. The van der Waals surface area contributed by atoms with Gasteiger partial charge in [0.05, 0.1) is 6.42 Å². The predicted octanol–water partition coefficient (Wildman–Crippen LogP) is 5.07. The number of para-hydroxylation sites is 1. The van der Waals surface area contributed by atoms with Gasteiger partial charge in [0, 0.05) is 28.9 Å². The second kappa shape index (κ2) is 7.96. The number of ether oxygens (including phenoxy) is 1. The fourth-order valence-electron chi connectivity index (χ4n) is 3.07. The summed E-state index contributed by atoms with van der Waals surface area (Å²) in [5.41, 5.74) is 3.51. The quantitative estimate of drug-likeness (QED) is 0.495. The molecule has 28 heavy (non-hydrogen) atoms. The average molecular weight is 374 g/mol. The first-order valence-corrected chi connectivity index (χ1v) is 8.99. The van der Waals surface area contributed by atoms with Crippen molar-refractivity contribution in [1.29, 1.82) is 0 Å². The average Bonchev–Trinajstić information content (AvgIpc) is 3.11. The number of carbonyl (C=O) groups is 1. The van der Waals surface area contributed by atoms with E-state index in [1.165, 1.54) is 12.1 Å². The van der Waals surface area contributed by atoms with E-state index in [2.05, 4.69) is 10.3 Å². The van der Waals surface area contributed by atoms with Gasteiger partial charge in [-0.1, -0.05) is 36.4 Å². The van der Waals surface area contributed by atoms with Crippen molar-refractivity contribution in [3.05, 3.63) is 95.9 Å². The van der Waals surface area contributed by atoms with Crippen LogP contribution < -0.4 is 10.1 Å². The lowest BCUT2D eigenvalue weighted by molar-refractivity contribution is -0.115. The molecule has 0 spiro atoms. The van der Waals surface area contributed by atoms with E-state index < -0.39 is 0 Å². The Kier molecular flexibility index (Phi) is 5.06. The summed E-state index contributed by atoms with van der Waals surface area (Å²) in [5, 5.41) is 3.96. The molecule has 140 valence electrons. The summed E-state index contributed by atoms with van der Waals surface area (Å²) >= 11 is 0. The van der Waals surface area contributed by atoms with Crippen molar-refractivity contribution in [1.82, 2.24) is 4.98 Å². The number of fused-ring (bicyclic) bond motifs is 1. The van der Waals surface area contributed by atoms with E-state index in [0.29, 0.717) is 18.0 Å². The lowest BCUT2D eigenvalue weighted by Gasteiger charge is -2.09. The minimum absolute atomic E-state index is 0.0968. The molecule has 0 aliphatic heterocycles. The molecule has 3 aromatic carbocycles. The molecule has 1 aromatic heterocycles. The van der Waals surface area contributed by atoms with Crippen LogP contribution in [0.4, 0.5) is 10.1 Å². The Bertz CT molecular complexity index is 1100. The molecule has 1 heterocycles. The molecule has 4 nitrogen and oxygen atoms in total. The Balaban J connectivity index is 1.38. The molecule has 0 radical (unpaired) electrons. The molecule has 0 fully saturated rings. The first-order valence-electron chi connectivity index (χ1n) is 8.99. The van der Waals surface area contributed by atoms with Crippen molar-refractivity contribution in [3.63, 3.8) is 0 Å². The highest BCUT2D eigenvalue weighted by Crippen LogP contribution is 2.21. The first-order chi connectivity index (χ1) is 13.7. The molecule has 4 rings (SSSR count). The molecule has 2 N–H and O–H groups in total. The van der Waals surface area contributed by atoms with Gasteiger partial charge in [0.2, 0.25) is 5.91 Å². The first kappa shape index (κ1) is 17.8. The number of halogens is 1. The zero-order chi connectivity index (χ0) is 19.3. The van der Waals surface area contributed by atoms with Gasteiger partial charge in [-0.3, -0.25) is 4.79 Å². The lowest BCUT2D eigenvalue weighted by atomic mass is 10.1. The van der Waals surface area contributed by atoms with E-state index in [9.17, 15) is 9.18 Å². The Morgan fingerprint density at radius 1 is 1.00 bits per heavy atom. The van der Waals surface area contributed by atoms with Gasteiger partial charge in [0.1, 0.15) is 18.2 Å². The summed E-state index contributed by atoms with van der Waals surface area (Å²) in [7, 11) is 0. The molecule has 1 amide bonds. The van der Waals surface area contributed by atoms with Crippen LogP contribution >= 0.6 is 0 Å². The van der Waals surface area contributed by atoms with Crippen LogP contribution in [0.1, 0.15) is 11.1 Å². The second-order valence-electron chi connectivity index (χ2n) is 6.53. The molecule has 0 saturated carbocycles. The molecular weight excluding hydrogens is 355 g/mol. The van der Waals surface area contributed by atoms with Crippen LogP contribution in [-0.4, -0.2) is 10.9 Å². The molecule has 0 aliphatic carbocycles. The van der Waals surface area contributed by atoms with Crippen molar-refractivity contribution in [3.8, 4) is 5.75 Å². The van der Waals surface area contributed by atoms with E-state index >= 15 is 0 Å². The fraction of sp³-hybridized carbons (Fsp3) is 0.0870. The van der Waals surface area contributed by atoms with E-state index in [0.717, 1.165) is 22.0 Å². The number of amides is 1. The topological polar surface area (TPSA) is 54.1 Å². The highest BCUT2D eigenvalue weighted by Gasteiger charge is 2.09. The Hall–Kier alpha value is -3.60. The van der Waals surface area contributed by atoms with Crippen molar-refractivity contribution in [2.75, 3.05) is 5.32 Å². The largest absolute Gasteiger partial charge is 0.489 e. The smallest absolute Gasteiger partial charge is 0.228 e. The van der Waals surface area contributed by atoms with Crippen molar-refractivity contribution < 1.29 is 13.9 Å². The number of anilines is 1. The van der Waals surface area contributed by atoms with Gasteiger partial charge in [0.15, 0.2) is 0 Å². The molecule has 4 aromatic rings. The van der Waals surface area contributed by atoms with Gasteiger partial charge >= 0.3 is 0 Å². The zero-order valence-electron chi connectivity index (χ0n) is 15.1. The summed E-state index contributed by atoms with van der Waals surface area (Å²) < 4.78 is 18.7. The summed E-state index contributed by atoms with van der Waals surface area (Å²) in [6.45, 7) is 0.326. The number of H-pyrrole nitrogens is 1. The van der Waals surface area contributed by atoms with Gasteiger partial charge in [-0.25, -0.2) is 4.39 Å². The van der Waals surface area contributed by atoms with Crippen LogP contribution in [-0.2, 0) is 17.8 Å². The molecule has 0 aliphatic rings. The number of hydrogen-bond donors (Lipinski definition) is 2. The van der Waals surface area contributed by atoms with Gasteiger partial charge < -0.3 is 15.0 Å². The number of aromatic nitrogens is 1. The van der Waals surface area contributed by atoms with Crippen LogP contribution in [0.5, 0.6) is 5.75 Å². The van der Waals surface area contributed by atoms with E-state index in [1.807, 2.05) is 48.7 Å². The number of rotatable bonds is 6. The minimum atomic E-state index is -0.274. The molecule has 0 atom stereocenters. The summed E-state index contributed by atoms with van der Waals surface area (Å²) in [6, 6.07) is 21.3. The van der Waals surface area contributed by atoms with Gasteiger partial charge in [0.25, 0.3) is 0 Å². The van der Waals surface area contributed by atoms with E-state index in [4.69, 9.17) is 4.74 Å². The van der Waals surface area contributed by atoms with Gasteiger partial charge in [-0.2, -0.15) is 0 Å². The van der Waals surface area contributed by atoms with Crippen molar-refractivity contribution in [2.45, 2.75) is 13.0 Å². The molecule has 0 bridgehead atoms. The van der Waals surface area contributed by atoms with Crippen LogP contribution in [0.15, 0.2) is 79.0 Å². The van der Waals surface area contributed by atoms with Crippen LogP contribution in [0.25, 0.3) is 10.9 Å². The molecule has 0 saturated heterocycles. The Morgan fingerprint density at radius 3 is 2.68 bits per heavy atom. The second-order valence-corrected chi connectivity index (χ2v) is 6.53. The highest BCUT2D eigenvalue weighted by atomic mass is 19.1. The third kappa shape index (κ3) is 4.20. The number of nitrogens with one attached hydrogen (secondary N) is 2. The Morgan fingerprint density at radius 2 is 1.82 bits per heavy atom. The molecule has 5 heteroatoms. The number of aromatic amines is 1. The highest BCUT2D eigenvalue weighted by molar-refractivity contribution is 5.95. The normalized spacial score (nSPS) is 10.8. The standard InChI is InChI=1S/C23H19FN2O2/c24-18-10-8-16(9-11-18)15-28-20-5-3-4-19(13-20)26-23(27)12-17-14-25-22-7-2-1-6-21(17)22/h1-11,13-14,25H,12,15H2,(H,26,27). The number of carbonyl (C=O) groups excluding carboxylic acids is 1. The molecular formula is C23H19FN2O2. The maximum atomic E-state index is 13.0. The maximum Gasteiger partial charge on any atom is 0.228 e. The zero-order valence-corrected chi connectivity index (χ0v) is 15.1. The third-order valence-electron chi connectivity index (χ3n) is 4.46. The van der Waals surface area contributed by atoms with Crippen molar-refractivity contribution in [2.24, 2.45) is 0 Å². The molecule has 0 unspecified atom stereocenters. The predicted molar refractivity (Wildman–Crippen MR) is 108 cm³/mol. The monoisotopic (exact) mass is 374 g/mol. The number of hydrogen-bond acceptors (Lipinski definition) is 2. The maximum absolute atomic E-state index is 13.0. The van der Waals surface area contributed by atoms with Gasteiger partial charge in [-0.15, -0.1) is 0 Å². The van der Waals surface area contributed by atoms with E-state index in [-0.39, 0.29) is 18.1 Å². The third-order valence-corrected chi connectivity index (χ3v) is 4.46.